The fraction of sp³-hybridized carbons (Fsp3) is 0.517. The highest BCUT2D eigenvalue weighted by atomic mass is 19.1. The Kier molecular flexibility index (Phi) is 8.91. The van der Waals surface area contributed by atoms with Crippen molar-refractivity contribution in [3.05, 3.63) is 65.5 Å². The van der Waals surface area contributed by atoms with Gasteiger partial charge in [0.2, 0.25) is 11.8 Å². The van der Waals surface area contributed by atoms with Gasteiger partial charge in [-0.2, -0.15) is 0 Å². The van der Waals surface area contributed by atoms with Gasteiger partial charge in [-0.15, -0.1) is 0 Å². The van der Waals surface area contributed by atoms with E-state index in [1.54, 1.807) is 6.92 Å². The second-order valence-electron chi connectivity index (χ2n) is 10.0. The summed E-state index contributed by atoms with van der Waals surface area (Å²) >= 11 is 0. The number of piperidine rings is 1. The molecule has 0 aliphatic carbocycles. The number of likely N-dealkylation sites (tertiary alicyclic amines) is 1. The van der Waals surface area contributed by atoms with Crippen LogP contribution in [0.2, 0.25) is 0 Å². The third-order valence-corrected chi connectivity index (χ3v) is 7.40. The maximum atomic E-state index is 13.7. The van der Waals surface area contributed by atoms with Crippen LogP contribution in [0.5, 0.6) is 0 Å². The summed E-state index contributed by atoms with van der Waals surface area (Å²) in [6, 6.07) is 14.7. The van der Waals surface area contributed by atoms with Crippen molar-refractivity contribution in [1.29, 1.82) is 0 Å². The molecule has 2 aromatic rings. The number of rotatable bonds is 3. The molecular weight excluding hydrogens is 441 g/mol. The summed E-state index contributed by atoms with van der Waals surface area (Å²) in [5.74, 6) is 0.120. The Morgan fingerprint density at radius 1 is 0.857 bits per heavy atom. The minimum absolute atomic E-state index is 0.0310. The summed E-state index contributed by atoms with van der Waals surface area (Å²) in [5.41, 5.74) is 3.09. The summed E-state index contributed by atoms with van der Waals surface area (Å²) in [6.45, 7) is 6.21. The second-order valence-corrected chi connectivity index (χ2v) is 10.0. The first-order valence-electron chi connectivity index (χ1n) is 13.1. The second kappa shape index (κ2) is 12.3. The first-order chi connectivity index (χ1) is 17.0. The Morgan fingerprint density at radius 3 is 2.23 bits per heavy atom. The molecule has 2 aliphatic heterocycles. The molecule has 1 saturated heterocycles. The first kappa shape index (κ1) is 25.4. The summed E-state index contributed by atoms with van der Waals surface area (Å²) in [7, 11) is 0. The fourth-order valence-electron chi connectivity index (χ4n) is 5.38. The monoisotopic (exact) mass is 479 g/mol. The van der Waals surface area contributed by atoms with Crippen LogP contribution in [0.15, 0.2) is 48.5 Å². The molecular formula is C29H38FN3O2. The molecule has 2 heterocycles. The fourth-order valence-corrected chi connectivity index (χ4v) is 5.38. The molecule has 4 rings (SSSR count). The molecule has 1 fully saturated rings. The van der Waals surface area contributed by atoms with E-state index in [0.717, 1.165) is 94.5 Å². The topological polar surface area (TPSA) is 43.9 Å². The number of para-hydroxylation sites is 1. The lowest BCUT2D eigenvalue weighted by atomic mass is 9.94. The minimum Gasteiger partial charge on any atom is -0.338 e. The number of amides is 2. The largest absolute Gasteiger partial charge is 0.338 e. The van der Waals surface area contributed by atoms with Crippen LogP contribution < -0.4 is 4.90 Å². The predicted octanol–water partition coefficient (Wildman–Crippen LogP) is 5.38. The SMILES string of the molecule is CC(=O)N1CCCCCCCN(C(=O)C2CCN(Cc3ccc(F)cc3)CC2)Cc2ccccc21. The van der Waals surface area contributed by atoms with Crippen LogP contribution in [0, 0.1) is 11.7 Å². The van der Waals surface area contributed by atoms with Crippen molar-refractivity contribution < 1.29 is 14.0 Å². The third-order valence-electron chi connectivity index (χ3n) is 7.40. The number of carbonyl (C=O) groups excluding carboxylic acids is 2. The van der Waals surface area contributed by atoms with Crippen molar-refractivity contribution >= 4 is 17.5 Å². The molecule has 35 heavy (non-hydrogen) atoms. The van der Waals surface area contributed by atoms with Crippen molar-refractivity contribution in [2.24, 2.45) is 5.92 Å². The number of anilines is 1. The van der Waals surface area contributed by atoms with Gasteiger partial charge in [0, 0.05) is 44.7 Å². The highest BCUT2D eigenvalue weighted by Gasteiger charge is 2.29. The molecule has 0 N–H and O–H groups in total. The van der Waals surface area contributed by atoms with Crippen LogP contribution in [0.3, 0.4) is 0 Å². The zero-order chi connectivity index (χ0) is 24.6. The lowest BCUT2D eigenvalue weighted by Gasteiger charge is -2.35. The number of hydrogen-bond acceptors (Lipinski definition) is 3. The van der Waals surface area contributed by atoms with E-state index in [2.05, 4.69) is 11.0 Å². The molecule has 0 unspecified atom stereocenters. The maximum Gasteiger partial charge on any atom is 0.226 e. The van der Waals surface area contributed by atoms with Crippen LogP contribution in [-0.4, -0.2) is 47.8 Å². The highest BCUT2D eigenvalue weighted by molar-refractivity contribution is 5.92. The number of benzene rings is 2. The van der Waals surface area contributed by atoms with E-state index >= 15 is 0 Å². The average Bonchev–Trinajstić information content (AvgIpc) is 2.86. The van der Waals surface area contributed by atoms with Crippen LogP contribution in [-0.2, 0) is 22.7 Å². The molecule has 188 valence electrons. The zero-order valence-corrected chi connectivity index (χ0v) is 20.9. The van der Waals surface area contributed by atoms with E-state index in [4.69, 9.17) is 0 Å². The van der Waals surface area contributed by atoms with E-state index in [-0.39, 0.29) is 23.5 Å². The lowest BCUT2D eigenvalue weighted by molar-refractivity contribution is -0.137. The Bertz CT molecular complexity index is 986. The number of fused-ring (bicyclic) bond motifs is 1. The lowest BCUT2D eigenvalue weighted by Crippen LogP contribution is -2.42. The van der Waals surface area contributed by atoms with Crippen molar-refractivity contribution in [3.63, 3.8) is 0 Å². The summed E-state index contributed by atoms with van der Waals surface area (Å²) < 4.78 is 13.2. The molecule has 2 aromatic carbocycles. The van der Waals surface area contributed by atoms with Gasteiger partial charge in [0.1, 0.15) is 5.82 Å². The molecule has 0 atom stereocenters. The molecule has 0 radical (unpaired) electrons. The van der Waals surface area contributed by atoms with Gasteiger partial charge in [-0.1, -0.05) is 49.6 Å². The van der Waals surface area contributed by atoms with Gasteiger partial charge in [-0.05, 0) is 68.1 Å². The van der Waals surface area contributed by atoms with Gasteiger partial charge in [0.15, 0.2) is 0 Å². The average molecular weight is 480 g/mol. The van der Waals surface area contributed by atoms with Crippen molar-refractivity contribution in [2.75, 3.05) is 31.1 Å². The summed E-state index contributed by atoms with van der Waals surface area (Å²) in [6.07, 6.45) is 7.07. The molecule has 2 aliphatic rings. The van der Waals surface area contributed by atoms with E-state index < -0.39 is 0 Å². The number of carbonyl (C=O) groups is 2. The van der Waals surface area contributed by atoms with Crippen LogP contribution in [0.4, 0.5) is 10.1 Å². The van der Waals surface area contributed by atoms with Gasteiger partial charge in [0.25, 0.3) is 0 Å². The number of hydrogen-bond donors (Lipinski definition) is 0. The Morgan fingerprint density at radius 2 is 1.51 bits per heavy atom. The Hall–Kier alpha value is -2.73. The van der Waals surface area contributed by atoms with Gasteiger partial charge in [-0.25, -0.2) is 4.39 Å². The van der Waals surface area contributed by atoms with E-state index in [0.29, 0.717) is 6.54 Å². The molecule has 0 saturated carbocycles. The maximum absolute atomic E-state index is 13.7. The van der Waals surface area contributed by atoms with Crippen molar-refractivity contribution in [1.82, 2.24) is 9.80 Å². The van der Waals surface area contributed by atoms with Crippen LogP contribution in [0.25, 0.3) is 0 Å². The standard InChI is InChI=1S/C29H38FN3O2/c1-23(34)33-18-8-4-2-3-7-17-32(22-26-9-5-6-10-28(26)33)29(35)25-15-19-31(20-16-25)21-24-11-13-27(30)14-12-24/h5-6,9-14,25H,2-4,7-8,15-22H2,1H3. The highest BCUT2D eigenvalue weighted by Crippen LogP contribution is 2.27. The van der Waals surface area contributed by atoms with Crippen LogP contribution in [0.1, 0.15) is 63.0 Å². The number of nitrogens with zero attached hydrogens (tertiary/aromatic N) is 3. The van der Waals surface area contributed by atoms with Gasteiger partial charge in [0.05, 0.1) is 0 Å². The Balaban J connectivity index is 1.43. The van der Waals surface area contributed by atoms with Gasteiger partial charge >= 0.3 is 0 Å². The van der Waals surface area contributed by atoms with Crippen molar-refractivity contribution in [3.8, 4) is 0 Å². The molecule has 0 bridgehead atoms. The molecule has 0 aromatic heterocycles. The van der Waals surface area contributed by atoms with Gasteiger partial charge in [-0.3, -0.25) is 14.5 Å². The Labute approximate surface area is 208 Å². The molecule has 6 heteroatoms. The normalized spacial score (nSPS) is 18.9. The molecule has 2 amide bonds. The van der Waals surface area contributed by atoms with Gasteiger partial charge < -0.3 is 9.80 Å². The predicted molar refractivity (Wildman–Crippen MR) is 137 cm³/mol. The third kappa shape index (κ3) is 6.91. The quantitative estimate of drug-likeness (QED) is 0.593. The summed E-state index contributed by atoms with van der Waals surface area (Å²) in [5, 5.41) is 0. The first-order valence-corrected chi connectivity index (χ1v) is 13.1. The minimum atomic E-state index is -0.211. The van der Waals surface area contributed by atoms with E-state index in [1.807, 2.05) is 40.1 Å². The van der Waals surface area contributed by atoms with E-state index in [9.17, 15) is 14.0 Å². The molecule has 5 nitrogen and oxygen atoms in total. The van der Waals surface area contributed by atoms with Crippen LogP contribution >= 0.6 is 0 Å². The smallest absolute Gasteiger partial charge is 0.226 e. The van der Waals surface area contributed by atoms with Crippen molar-refractivity contribution in [2.45, 2.75) is 65.0 Å². The number of halogens is 1. The molecule has 0 spiro atoms. The zero-order valence-electron chi connectivity index (χ0n) is 20.9. The summed E-state index contributed by atoms with van der Waals surface area (Å²) in [4.78, 5) is 32.4. The van der Waals surface area contributed by atoms with E-state index in [1.165, 1.54) is 12.1 Å².